The number of hydrogen-bond acceptors (Lipinski definition) is 5. The van der Waals surface area contributed by atoms with Crippen molar-refractivity contribution in [3.8, 4) is 22.9 Å². The Kier molecular flexibility index (Phi) is 6.56. The van der Waals surface area contributed by atoms with Gasteiger partial charge in [-0.25, -0.2) is 14.4 Å². The predicted octanol–water partition coefficient (Wildman–Crippen LogP) is 5.61. The lowest BCUT2D eigenvalue weighted by Gasteiger charge is -2.08. The smallest absolute Gasteiger partial charge is 0.225 e. The standard InChI is InChI=1S/C25H22FN3O2S/c1-16-3-5-19(6-4-16)25-22(32-17(2)29-25)14-23(30)28-15-18-11-12-27-24(13-18)31-21-9-7-20(26)8-10-21/h3-13H,14-15H2,1-2H3,(H,28,30). The third kappa shape index (κ3) is 5.56. The first-order valence-electron chi connectivity index (χ1n) is 10.1. The van der Waals surface area contributed by atoms with Crippen LogP contribution in [0.15, 0.2) is 66.9 Å². The van der Waals surface area contributed by atoms with Crippen molar-refractivity contribution in [3.63, 3.8) is 0 Å². The third-order valence-electron chi connectivity index (χ3n) is 4.78. The highest BCUT2D eigenvalue weighted by molar-refractivity contribution is 7.12. The topological polar surface area (TPSA) is 64.1 Å². The average Bonchev–Trinajstić information content (AvgIpc) is 3.14. The first-order chi connectivity index (χ1) is 15.5. The molecule has 162 valence electrons. The fourth-order valence-electron chi connectivity index (χ4n) is 3.17. The summed E-state index contributed by atoms with van der Waals surface area (Å²) in [5.41, 5.74) is 3.91. The molecule has 4 aromatic rings. The highest BCUT2D eigenvalue weighted by atomic mass is 32.1. The first-order valence-corrected chi connectivity index (χ1v) is 11.0. The van der Waals surface area contributed by atoms with Crippen molar-refractivity contribution in [2.45, 2.75) is 26.8 Å². The van der Waals surface area contributed by atoms with Crippen molar-refractivity contribution < 1.29 is 13.9 Å². The van der Waals surface area contributed by atoms with Gasteiger partial charge in [0.25, 0.3) is 0 Å². The van der Waals surface area contributed by atoms with E-state index in [0.717, 1.165) is 26.7 Å². The van der Waals surface area contributed by atoms with Crippen LogP contribution >= 0.6 is 11.3 Å². The van der Waals surface area contributed by atoms with Gasteiger partial charge in [0.15, 0.2) is 0 Å². The number of benzene rings is 2. The van der Waals surface area contributed by atoms with Crippen molar-refractivity contribution in [3.05, 3.63) is 93.7 Å². The summed E-state index contributed by atoms with van der Waals surface area (Å²) in [5, 5.41) is 3.88. The van der Waals surface area contributed by atoms with Crippen molar-refractivity contribution >= 4 is 17.2 Å². The molecule has 2 aromatic heterocycles. The molecular weight excluding hydrogens is 425 g/mol. The van der Waals surface area contributed by atoms with Gasteiger partial charge in [-0.1, -0.05) is 29.8 Å². The Labute approximate surface area is 189 Å². The zero-order valence-electron chi connectivity index (χ0n) is 17.8. The molecule has 0 aliphatic heterocycles. The van der Waals surface area contributed by atoms with E-state index in [1.165, 1.54) is 41.2 Å². The maximum atomic E-state index is 13.0. The summed E-state index contributed by atoms with van der Waals surface area (Å²) in [5.74, 6) is 0.454. The minimum atomic E-state index is -0.330. The van der Waals surface area contributed by atoms with Crippen molar-refractivity contribution in [1.29, 1.82) is 0 Å². The SMILES string of the molecule is Cc1ccc(-c2nc(C)sc2CC(=O)NCc2ccnc(Oc3ccc(F)cc3)c2)cc1. The molecule has 0 spiro atoms. The van der Waals surface area contributed by atoms with Gasteiger partial charge in [0.1, 0.15) is 11.6 Å². The molecule has 1 N–H and O–H groups in total. The Morgan fingerprint density at radius 1 is 1.06 bits per heavy atom. The van der Waals surface area contributed by atoms with Crippen LogP contribution in [0.5, 0.6) is 11.6 Å². The number of hydrogen-bond donors (Lipinski definition) is 1. The molecule has 2 aromatic carbocycles. The summed E-state index contributed by atoms with van der Waals surface area (Å²) in [7, 11) is 0. The second-order valence-electron chi connectivity index (χ2n) is 7.38. The summed E-state index contributed by atoms with van der Waals surface area (Å²) in [4.78, 5) is 22.4. The quantitative estimate of drug-likeness (QED) is 0.400. The van der Waals surface area contributed by atoms with E-state index in [0.29, 0.717) is 18.2 Å². The molecule has 0 fully saturated rings. The maximum absolute atomic E-state index is 13.0. The Balaban J connectivity index is 1.38. The van der Waals surface area contributed by atoms with Gasteiger partial charge >= 0.3 is 0 Å². The zero-order chi connectivity index (χ0) is 22.5. The lowest BCUT2D eigenvalue weighted by Crippen LogP contribution is -2.24. The molecule has 0 aliphatic carbocycles. The number of nitrogens with zero attached hydrogens (tertiary/aromatic N) is 2. The van der Waals surface area contributed by atoms with Crippen LogP contribution in [0.3, 0.4) is 0 Å². The Morgan fingerprint density at radius 2 is 1.81 bits per heavy atom. The fourth-order valence-corrected chi connectivity index (χ4v) is 4.13. The van der Waals surface area contributed by atoms with Crippen LogP contribution in [0.2, 0.25) is 0 Å². The van der Waals surface area contributed by atoms with Crippen LogP contribution < -0.4 is 10.1 Å². The van der Waals surface area contributed by atoms with Crippen LogP contribution in [0.25, 0.3) is 11.3 Å². The van der Waals surface area contributed by atoms with Gasteiger partial charge in [-0.05, 0) is 49.7 Å². The van der Waals surface area contributed by atoms with Crippen LogP contribution in [0, 0.1) is 19.7 Å². The van der Waals surface area contributed by atoms with Gasteiger partial charge in [-0.2, -0.15) is 0 Å². The van der Waals surface area contributed by atoms with E-state index in [1.54, 1.807) is 12.3 Å². The van der Waals surface area contributed by atoms with E-state index < -0.39 is 0 Å². The molecule has 0 bridgehead atoms. The summed E-state index contributed by atoms with van der Waals surface area (Å²) in [6, 6.07) is 17.4. The predicted molar refractivity (Wildman–Crippen MR) is 123 cm³/mol. The van der Waals surface area contributed by atoms with Crippen molar-refractivity contribution in [2.24, 2.45) is 0 Å². The molecule has 7 heteroatoms. The summed E-state index contributed by atoms with van der Waals surface area (Å²) in [6.45, 7) is 4.34. The number of aryl methyl sites for hydroxylation is 2. The van der Waals surface area contributed by atoms with Gasteiger partial charge in [-0.3, -0.25) is 4.79 Å². The number of halogens is 1. The van der Waals surface area contributed by atoms with Gasteiger partial charge in [0, 0.05) is 29.2 Å². The summed E-state index contributed by atoms with van der Waals surface area (Å²) in [6.07, 6.45) is 1.88. The number of ether oxygens (including phenoxy) is 1. The zero-order valence-corrected chi connectivity index (χ0v) is 18.6. The van der Waals surface area contributed by atoms with E-state index in [-0.39, 0.29) is 18.1 Å². The highest BCUT2D eigenvalue weighted by Gasteiger charge is 2.15. The van der Waals surface area contributed by atoms with E-state index >= 15 is 0 Å². The van der Waals surface area contributed by atoms with Gasteiger partial charge in [-0.15, -0.1) is 11.3 Å². The Hall–Kier alpha value is -3.58. The van der Waals surface area contributed by atoms with Crippen LogP contribution in [-0.4, -0.2) is 15.9 Å². The molecule has 2 heterocycles. The number of nitrogens with one attached hydrogen (secondary N) is 1. The monoisotopic (exact) mass is 447 g/mol. The summed E-state index contributed by atoms with van der Waals surface area (Å²) >= 11 is 1.54. The molecule has 4 rings (SSSR count). The largest absolute Gasteiger partial charge is 0.439 e. The van der Waals surface area contributed by atoms with E-state index in [2.05, 4.69) is 15.3 Å². The lowest BCUT2D eigenvalue weighted by atomic mass is 10.1. The Bertz CT molecular complexity index is 1220. The van der Waals surface area contributed by atoms with Crippen LogP contribution in [-0.2, 0) is 17.8 Å². The molecule has 0 atom stereocenters. The molecule has 1 amide bonds. The van der Waals surface area contributed by atoms with Crippen molar-refractivity contribution in [1.82, 2.24) is 15.3 Å². The molecule has 0 aliphatic rings. The number of aromatic nitrogens is 2. The van der Waals surface area contributed by atoms with Crippen LogP contribution in [0.1, 0.15) is 21.0 Å². The molecule has 5 nitrogen and oxygen atoms in total. The maximum Gasteiger partial charge on any atom is 0.225 e. The van der Waals surface area contributed by atoms with Crippen LogP contribution in [0.4, 0.5) is 4.39 Å². The molecular formula is C25H22FN3O2S. The number of pyridine rings is 1. The van der Waals surface area contributed by atoms with E-state index in [4.69, 9.17) is 4.74 Å². The summed E-state index contributed by atoms with van der Waals surface area (Å²) < 4.78 is 18.7. The van der Waals surface area contributed by atoms with Gasteiger partial charge in [0.2, 0.25) is 11.8 Å². The normalized spacial score (nSPS) is 10.7. The first kappa shape index (κ1) is 21.6. The highest BCUT2D eigenvalue weighted by Crippen LogP contribution is 2.29. The minimum Gasteiger partial charge on any atom is -0.439 e. The lowest BCUT2D eigenvalue weighted by molar-refractivity contribution is -0.120. The fraction of sp³-hybridized carbons (Fsp3) is 0.160. The molecule has 0 saturated carbocycles. The molecule has 0 radical (unpaired) electrons. The number of carbonyl (C=O) groups is 1. The molecule has 0 unspecified atom stereocenters. The second kappa shape index (κ2) is 9.70. The number of amides is 1. The average molecular weight is 448 g/mol. The minimum absolute atomic E-state index is 0.0835. The molecule has 0 saturated heterocycles. The van der Waals surface area contributed by atoms with E-state index in [9.17, 15) is 9.18 Å². The van der Waals surface area contributed by atoms with E-state index in [1.807, 2.05) is 44.2 Å². The third-order valence-corrected chi connectivity index (χ3v) is 5.75. The number of rotatable bonds is 7. The number of thiazole rings is 1. The number of carbonyl (C=O) groups excluding carboxylic acids is 1. The molecule has 32 heavy (non-hydrogen) atoms. The van der Waals surface area contributed by atoms with Gasteiger partial charge < -0.3 is 10.1 Å². The van der Waals surface area contributed by atoms with Gasteiger partial charge in [0.05, 0.1) is 17.1 Å². The van der Waals surface area contributed by atoms with Crippen molar-refractivity contribution in [2.75, 3.05) is 0 Å². The second-order valence-corrected chi connectivity index (χ2v) is 8.67. The Morgan fingerprint density at radius 3 is 2.56 bits per heavy atom.